The van der Waals surface area contributed by atoms with Gasteiger partial charge in [0.15, 0.2) is 24.4 Å². The van der Waals surface area contributed by atoms with E-state index >= 15 is 0 Å². The quantitative estimate of drug-likeness (QED) is 0.502. The first kappa shape index (κ1) is 22.9. The van der Waals surface area contributed by atoms with Gasteiger partial charge >= 0.3 is 23.9 Å². The van der Waals surface area contributed by atoms with Crippen molar-refractivity contribution in [2.75, 3.05) is 6.61 Å². The summed E-state index contributed by atoms with van der Waals surface area (Å²) in [4.78, 5) is 46.5. The van der Waals surface area contributed by atoms with E-state index in [9.17, 15) is 19.2 Å². The molecule has 1 aliphatic heterocycles. The van der Waals surface area contributed by atoms with Crippen LogP contribution in [0.1, 0.15) is 33.3 Å². The van der Waals surface area contributed by atoms with Gasteiger partial charge in [-0.3, -0.25) is 19.2 Å². The number of ether oxygens (including phenoxy) is 5. The van der Waals surface area contributed by atoms with E-state index in [-0.39, 0.29) is 12.4 Å². The highest BCUT2D eigenvalue weighted by Gasteiger charge is 2.50. The smallest absolute Gasteiger partial charge is 0.303 e. The molecule has 9 nitrogen and oxygen atoms in total. The molecule has 1 aliphatic rings. The molecular formula is C21H24O9. The van der Waals surface area contributed by atoms with Crippen molar-refractivity contribution in [3.63, 3.8) is 0 Å². The summed E-state index contributed by atoms with van der Waals surface area (Å²) in [5.74, 6) is -2.42. The van der Waals surface area contributed by atoms with E-state index in [1.807, 2.05) is 6.07 Å². The Bertz CT molecular complexity index is 815. The standard InChI is InChI=1S/C21H24O9/c1-12(22)26-11-18-20(28-14(3)24)21(29-15(4)25)19(27-13(2)23)17(30-18)10-16-8-6-5-7-9-16/h5-10,18-21H,11H2,1-4H3/b17-10-/t18-,19+,20-,21-/m1/s1. The fourth-order valence-electron chi connectivity index (χ4n) is 2.97. The van der Waals surface area contributed by atoms with Gasteiger partial charge in [-0.1, -0.05) is 30.3 Å². The Morgan fingerprint density at radius 3 is 1.93 bits per heavy atom. The Morgan fingerprint density at radius 1 is 0.833 bits per heavy atom. The van der Waals surface area contributed by atoms with Crippen molar-refractivity contribution in [3.05, 3.63) is 41.7 Å². The molecule has 162 valence electrons. The molecule has 2 rings (SSSR count). The summed E-state index contributed by atoms with van der Waals surface area (Å²) in [6.45, 7) is 4.48. The maximum Gasteiger partial charge on any atom is 0.303 e. The van der Waals surface area contributed by atoms with E-state index < -0.39 is 48.3 Å². The van der Waals surface area contributed by atoms with E-state index in [1.54, 1.807) is 30.3 Å². The summed E-state index contributed by atoms with van der Waals surface area (Å²) in [6.07, 6.45) is -2.95. The van der Waals surface area contributed by atoms with Crippen molar-refractivity contribution in [1.82, 2.24) is 0 Å². The van der Waals surface area contributed by atoms with Gasteiger partial charge in [0.1, 0.15) is 12.4 Å². The maximum absolute atomic E-state index is 11.8. The molecule has 4 atom stereocenters. The number of hydrogen-bond donors (Lipinski definition) is 0. The molecule has 0 bridgehead atoms. The van der Waals surface area contributed by atoms with Gasteiger partial charge in [-0.2, -0.15) is 0 Å². The summed E-state index contributed by atoms with van der Waals surface area (Å²) < 4.78 is 27.0. The van der Waals surface area contributed by atoms with Crippen LogP contribution in [0.15, 0.2) is 36.1 Å². The minimum Gasteiger partial charge on any atom is -0.483 e. The first-order valence-electron chi connectivity index (χ1n) is 9.25. The average Bonchev–Trinajstić information content (AvgIpc) is 2.64. The van der Waals surface area contributed by atoms with Gasteiger partial charge in [0, 0.05) is 27.7 Å². The number of carbonyl (C=O) groups excluding carboxylic acids is 4. The average molecular weight is 420 g/mol. The highest BCUT2D eigenvalue weighted by molar-refractivity contribution is 5.69. The van der Waals surface area contributed by atoms with Crippen molar-refractivity contribution in [3.8, 4) is 0 Å². The molecule has 1 saturated heterocycles. The molecule has 1 heterocycles. The van der Waals surface area contributed by atoms with Crippen molar-refractivity contribution in [2.24, 2.45) is 0 Å². The van der Waals surface area contributed by atoms with E-state index in [2.05, 4.69) is 0 Å². The SMILES string of the molecule is CC(=O)OC[C@H]1O/C(=C\c2ccccc2)[C@H](OC(C)=O)[C@@H](OC(C)=O)[C@@H]1OC(C)=O. The minimum atomic E-state index is -1.21. The lowest BCUT2D eigenvalue weighted by Crippen LogP contribution is -2.57. The van der Waals surface area contributed by atoms with Crippen LogP contribution in [-0.4, -0.2) is 54.9 Å². The summed E-state index contributed by atoms with van der Waals surface area (Å²) in [5, 5.41) is 0. The molecule has 0 aliphatic carbocycles. The summed E-state index contributed by atoms with van der Waals surface area (Å²) in [6, 6.07) is 9.02. The van der Waals surface area contributed by atoms with Gasteiger partial charge in [-0.05, 0) is 11.6 Å². The van der Waals surface area contributed by atoms with Gasteiger partial charge in [-0.15, -0.1) is 0 Å². The molecule has 0 amide bonds. The molecule has 1 aromatic carbocycles. The largest absolute Gasteiger partial charge is 0.483 e. The summed E-state index contributed by atoms with van der Waals surface area (Å²) in [5.41, 5.74) is 0.725. The molecule has 9 heteroatoms. The monoisotopic (exact) mass is 420 g/mol. The minimum absolute atomic E-state index is 0.156. The van der Waals surface area contributed by atoms with E-state index in [4.69, 9.17) is 23.7 Å². The fraction of sp³-hybridized carbons (Fsp3) is 0.429. The molecule has 1 fully saturated rings. The zero-order valence-electron chi connectivity index (χ0n) is 17.2. The first-order chi connectivity index (χ1) is 14.2. The number of esters is 4. The summed E-state index contributed by atoms with van der Waals surface area (Å²) in [7, 11) is 0. The zero-order valence-corrected chi connectivity index (χ0v) is 17.2. The third-order valence-corrected chi connectivity index (χ3v) is 4.01. The van der Waals surface area contributed by atoms with Gasteiger partial charge in [-0.25, -0.2) is 0 Å². The molecule has 0 unspecified atom stereocenters. The number of rotatable bonds is 6. The lowest BCUT2D eigenvalue weighted by molar-refractivity contribution is -0.214. The van der Waals surface area contributed by atoms with Crippen LogP contribution >= 0.6 is 0 Å². The lowest BCUT2D eigenvalue weighted by Gasteiger charge is -2.41. The lowest BCUT2D eigenvalue weighted by atomic mass is 9.96. The molecule has 0 N–H and O–H groups in total. The molecule has 0 radical (unpaired) electrons. The second-order valence-corrected chi connectivity index (χ2v) is 6.59. The van der Waals surface area contributed by atoms with Crippen LogP contribution in [0.3, 0.4) is 0 Å². The molecule has 30 heavy (non-hydrogen) atoms. The van der Waals surface area contributed by atoms with E-state index in [1.165, 1.54) is 27.7 Å². The molecule has 0 saturated carbocycles. The maximum atomic E-state index is 11.8. The third kappa shape index (κ3) is 6.61. The van der Waals surface area contributed by atoms with Crippen molar-refractivity contribution in [2.45, 2.75) is 52.1 Å². The highest BCUT2D eigenvalue weighted by Crippen LogP contribution is 2.32. The van der Waals surface area contributed by atoms with Gasteiger partial charge in [0.25, 0.3) is 0 Å². The van der Waals surface area contributed by atoms with Crippen LogP contribution in [0.4, 0.5) is 0 Å². The molecular weight excluding hydrogens is 396 g/mol. The normalized spacial score (nSPS) is 24.3. The van der Waals surface area contributed by atoms with Gasteiger partial charge in [0.2, 0.25) is 0 Å². The van der Waals surface area contributed by atoms with E-state index in [0.717, 1.165) is 5.56 Å². The Hall–Kier alpha value is -3.36. The van der Waals surface area contributed by atoms with Crippen molar-refractivity contribution < 1.29 is 42.9 Å². The number of benzene rings is 1. The van der Waals surface area contributed by atoms with Crippen molar-refractivity contribution >= 4 is 30.0 Å². The first-order valence-corrected chi connectivity index (χ1v) is 9.25. The number of hydrogen-bond acceptors (Lipinski definition) is 9. The Kier molecular flexibility index (Phi) is 7.97. The Balaban J connectivity index is 2.52. The molecule has 0 spiro atoms. The van der Waals surface area contributed by atoms with Gasteiger partial charge < -0.3 is 23.7 Å². The molecule has 1 aromatic rings. The summed E-state index contributed by atoms with van der Waals surface area (Å²) >= 11 is 0. The zero-order chi connectivity index (χ0) is 22.3. The van der Waals surface area contributed by atoms with Gasteiger partial charge in [0.05, 0.1) is 0 Å². The van der Waals surface area contributed by atoms with E-state index in [0.29, 0.717) is 0 Å². The molecule has 0 aromatic heterocycles. The topological polar surface area (TPSA) is 114 Å². The van der Waals surface area contributed by atoms with Crippen LogP contribution < -0.4 is 0 Å². The Labute approximate surface area is 173 Å². The second-order valence-electron chi connectivity index (χ2n) is 6.59. The fourth-order valence-corrected chi connectivity index (χ4v) is 2.97. The second kappa shape index (κ2) is 10.4. The Morgan fingerprint density at radius 2 is 1.40 bits per heavy atom. The van der Waals surface area contributed by atoms with Crippen LogP contribution in [0.5, 0.6) is 0 Å². The highest BCUT2D eigenvalue weighted by atomic mass is 16.7. The predicted octanol–water partition coefficient (Wildman–Crippen LogP) is 1.78. The van der Waals surface area contributed by atoms with Crippen LogP contribution in [0.25, 0.3) is 6.08 Å². The van der Waals surface area contributed by atoms with Crippen LogP contribution in [0, 0.1) is 0 Å². The van der Waals surface area contributed by atoms with Crippen LogP contribution in [-0.2, 0) is 42.9 Å². The number of carbonyl (C=O) groups is 4. The van der Waals surface area contributed by atoms with Crippen LogP contribution in [0.2, 0.25) is 0 Å². The third-order valence-electron chi connectivity index (χ3n) is 4.01. The predicted molar refractivity (Wildman–Crippen MR) is 103 cm³/mol. The van der Waals surface area contributed by atoms with Crippen molar-refractivity contribution in [1.29, 1.82) is 0 Å².